The Labute approximate surface area is 82.5 Å². The van der Waals surface area contributed by atoms with Gasteiger partial charge in [0.05, 0.1) is 4.92 Å². The molecule has 0 N–H and O–H groups in total. The molecule has 0 radical (unpaired) electrons. The van der Waals surface area contributed by atoms with Crippen molar-refractivity contribution in [1.29, 1.82) is 0 Å². The molecule has 0 fully saturated rings. The van der Waals surface area contributed by atoms with E-state index in [9.17, 15) is 10.1 Å². The van der Waals surface area contributed by atoms with Crippen LogP contribution in [0.5, 0.6) is 0 Å². The fourth-order valence-corrected chi connectivity index (χ4v) is 1.13. The maximum absolute atomic E-state index is 10.6. The summed E-state index contributed by atoms with van der Waals surface area (Å²) >= 11 is 0. The second-order valence-corrected chi connectivity index (χ2v) is 3.31. The van der Waals surface area contributed by atoms with Crippen molar-refractivity contribution in [2.24, 2.45) is 0 Å². The zero-order valence-electron chi connectivity index (χ0n) is 8.30. The molecule has 0 unspecified atom stereocenters. The molecular formula is C9H13N3O2. The van der Waals surface area contributed by atoms with Crippen molar-refractivity contribution in [3.63, 3.8) is 0 Å². The molecule has 0 aliphatic rings. The molecule has 1 aromatic heterocycles. The first-order valence-electron chi connectivity index (χ1n) is 4.33. The minimum Gasteiger partial charge on any atom is -0.309 e. The first kappa shape index (κ1) is 10.6. The Balaban J connectivity index is 2.79. The molecule has 1 rings (SSSR count). The van der Waals surface area contributed by atoms with Gasteiger partial charge in [-0.1, -0.05) is 0 Å². The van der Waals surface area contributed by atoms with Gasteiger partial charge in [0.15, 0.2) is 0 Å². The van der Waals surface area contributed by atoms with Gasteiger partial charge in [0.2, 0.25) is 0 Å². The standard InChI is InChI=1S/C9H13N3O2/c1-11(2)6-4-8-3-5-10-7-9(8)12(13)14/h3,5,7H,4,6H2,1-2H3. The van der Waals surface area contributed by atoms with Gasteiger partial charge >= 0.3 is 0 Å². The Bertz CT molecular complexity index is 326. The third-order valence-electron chi connectivity index (χ3n) is 1.91. The van der Waals surface area contributed by atoms with E-state index in [1.165, 1.54) is 6.20 Å². The number of hydrogen-bond acceptors (Lipinski definition) is 4. The summed E-state index contributed by atoms with van der Waals surface area (Å²) in [5.41, 5.74) is 0.841. The summed E-state index contributed by atoms with van der Waals surface area (Å²) in [5.74, 6) is 0. The Morgan fingerprint density at radius 2 is 2.29 bits per heavy atom. The molecule has 0 saturated heterocycles. The van der Waals surface area contributed by atoms with Gasteiger partial charge in [-0.25, -0.2) is 0 Å². The molecule has 1 heterocycles. The molecule has 0 saturated carbocycles. The second kappa shape index (κ2) is 4.66. The van der Waals surface area contributed by atoms with E-state index in [1.807, 2.05) is 19.0 Å². The number of nitrogens with zero attached hydrogens (tertiary/aromatic N) is 3. The highest BCUT2D eigenvalue weighted by atomic mass is 16.6. The third kappa shape index (κ3) is 2.77. The monoisotopic (exact) mass is 195 g/mol. The number of likely N-dealkylation sites (N-methyl/N-ethyl adjacent to an activating group) is 1. The smallest absolute Gasteiger partial charge is 0.290 e. The zero-order valence-corrected chi connectivity index (χ0v) is 8.30. The quantitative estimate of drug-likeness (QED) is 0.533. The van der Waals surface area contributed by atoms with Crippen molar-refractivity contribution in [3.8, 4) is 0 Å². The highest BCUT2D eigenvalue weighted by Gasteiger charge is 2.12. The molecule has 0 amide bonds. The van der Waals surface area contributed by atoms with E-state index in [1.54, 1.807) is 12.3 Å². The van der Waals surface area contributed by atoms with Crippen LogP contribution in [0.25, 0.3) is 0 Å². The van der Waals surface area contributed by atoms with Crippen molar-refractivity contribution in [3.05, 3.63) is 34.1 Å². The van der Waals surface area contributed by atoms with E-state index in [0.717, 1.165) is 12.1 Å². The molecule has 5 heteroatoms. The lowest BCUT2D eigenvalue weighted by Gasteiger charge is -2.08. The summed E-state index contributed by atoms with van der Waals surface area (Å²) in [7, 11) is 3.88. The highest BCUT2D eigenvalue weighted by Crippen LogP contribution is 2.16. The molecule has 0 aromatic carbocycles. The number of pyridine rings is 1. The van der Waals surface area contributed by atoms with Gasteiger partial charge < -0.3 is 4.90 Å². The van der Waals surface area contributed by atoms with Crippen molar-refractivity contribution in [2.45, 2.75) is 6.42 Å². The number of nitro groups is 1. The van der Waals surface area contributed by atoms with Crippen LogP contribution in [0.4, 0.5) is 5.69 Å². The largest absolute Gasteiger partial charge is 0.309 e. The summed E-state index contributed by atoms with van der Waals surface area (Å²) in [6, 6.07) is 1.70. The minimum atomic E-state index is -0.391. The fraction of sp³-hybridized carbons (Fsp3) is 0.444. The molecule has 14 heavy (non-hydrogen) atoms. The van der Waals surface area contributed by atoms with Crippen LogP contribution >= 0.6 is 0 Å². The van der Waals surface area contributed by atoms with Crippen molar-refractivity contribution >= 4 is 5.69 Å². The van der Waals surface area contributed by atoms with E-state index in [4.69, 9.17) is 0 Å². The van der Waals surface area contributed by atoms with Gasteiger partial charge in [0.1, 0.15) is 6.20 Å². The maximum Gasteiger partial charge on any atom is 0.290 e. The van der Waals surface area contributed by atoms with Crippen LogP contribution in [0.3, 0.4) is 0 Å². The fourth-order valence-electron chi connectivity index (χ4n) is 1.13. The molecule has 0 bridgehead atoms. The number of rotatable bonds is 4. The highest BCUT2D eigenvalue weighted by molar-refractivity contribution is 5.36. The van der Waals surface area contributed by atoms with Crippen LogP contribution in [0.2, 0.25) is 0 Å². The van der Waals surface area contributed by atoms with Crippen LogP contribution in [-0.4, -0.2) is 35.4 Å². The Kier molecular flexibility index (Phi) is 3.53. The summed E-state index contributed by atoms with van der Waals surface area (Å²) in [6.07, 6.45) is 3.55. The Morgan fingerprint density at radius 3 is 2.86 bits per heavy atom. The molecule has 0 atom stereocenters. The van der Waals surface area contributed by atoms with Crippen molar-refractivity contribution in [1.82, 2.24) is 9.88 Å². The SMILES string of the molecule is CN(C)CCc1ccncc1[N+](=O)[O-]. The Morgan fingerprint density at radius 1 is 1.57 bits per heavy atom. The minimum absolute atomic E-state index is 0.106. The van der Waals surface area contributed by atoms with E-state index >= 15 is 0 Å². The van der Waals surface area contributed by atoms with Gasteiger partial charge in [0, 0.05) is 18.3 Å². The molecular weight excluding hydrogens is 182 g/mol. The second-order valence-electron chi connectivity index (χ2n) is 3.31. The number of aromatic nitrogens is 1. The van der Waals surface area contributed by atoms with E-state index in [-0.39, 0.29) is 5.69 Å². The molecule has 76 valence electrons. The first-order chi connectivity index (χ1) is 6.61. The van der Waals surface area contributed by atoms with E-state index < -0.39 is 4.92 Å². The van der Waals surface area contributed by atoms with E-state index in [0.29, 0.717) is 6.42 Å². The zero-order chi connectivity index (χ0) is 10.6. The summed E-state index contributed by atoms with van der Waals surface area (Å²) in [5, 5.41) is 10.6. The van der Waals surface area contributed by atoms with Crippen LogP contribution in [0.15, 0.2) is 18.5 Å². The molecule has 0 aliphatic carbocycles. The molecule has 1 aromatic rings. The number of hydrogen-bond donors (Lipinski definition) is 0. The van der Waals surface area contributed by atoms with Crippen LogP contribution < -0.4 is 0 Å². The third-order valence-corrected chi connectivity index (χ3v) is 1.91. The molecule has 5 nitrogen and oxygen atoms in total. The van der Waals surface area contributed by atoms with Crippen LogP contribution in [-0.2, 0) is 6.42 Å². The van der Waals surface area contributed by atoms with Gasteiger partial charge in [-0.3, -0.25) is 15.1 Å². The van der Waals surface area contributed by atoms with Gasteiger partial charge in [-0.15, -0.1) is 0 Å². The van der Waals surface area contributed by atoms with Crippen molar-refractivity contribution in [2.75, 3.05) is 20.6 Å². The van der Waals surface area contributed by atoms with Crippen LogP contribution in [0, 0.1) is 10.1 Å². The van der Waals surface area contributed by atoms with Gasteiger partial charge in [-0.05, 0) is 26.6 Å². The van der Waals surface area contributed by atoms with Crippen molar-refractivity contribution < 1.29 is 4.92 Å². The molecule has 0 spiro atoms. The van der Waals surface area contributed by atoms with Gasteiger partial charge in [-0.2, -0.15) is 0 Å². The summed E-state index contributed by atoms with van der Waals surface area (Å²) < 4.78 is 0. The predicted molar refractivity (Wildman–Crippen MR) is 53.1 cm³/mol. The Hall–Kier alpha value is -1.49. The lowest BCUT2D eigenvalue weighted by Crippen LogP contribution is -2.15. The topological polar surface area (TPSA) is 59.3 Å². The lowest BCUT2D eigenvalue weighted by molar-refractivity contribution is -0.385. The first-order valence-corrected chi connectivity index (χ1v) is 4.33. The van der Waals surface area contributed by atoms with Gasteiger partial charge in [0.25, 0.3) is 5.69 Å². The van der Waals surface area contributed by atoms with E-state index in [2.05, 4.69) is 4.98 Å². The normalized spacial score (nSPS) is 10.5. The predicted octanol–water partition coefficient (Wildman–Crippen LogP) is 1.09. The summed E-state index contributed by atoms with van der Waals surface area (Å²) in [6.45, 7) is 0.796. The molecule has 0 aliphatic heterocycles. The van der Waals surface area contributed by atoms with Crippen LogP contribution in [0.1, 0.15) is 5.56 Å². The average Bonchev–Trinajstić information content (AvgIpc) is 2.15. The lowest BCUT2D eigenvalue weighted by atomic mass is 10.1. The average molecular weight is 195 g/mol. The maximum atomic E-state index is 10.6. The summed E-state index contributed by atoms with van der Waals surface area (Å²) in [4.78, 5) is 16.0.